The van der Waals surface area contributed by atoms with Gasteiger partial charge in [0.15, 0.2) is 0 Å². The number of amides is 1. The molecule has 1 saturated carbocycles. The number of aliphatic carboxylic acids is 1. The Morgan fingerprint density at radius 1 is 1.26 bits per heavy atom. The topological polar surface area (TPSA) is 136 Å². The minimum Gasteiger partial charge on any atom is -0.481 e. The van der Waals surface area contributed by atoms with E-state index in [0.29, 0.717) is 12.8 Å². The van der Waals surface area contributed by atoms with Crippen molar-refractivity contribution in [1.82, 2.24) is 5.32 Å². The predicted molar refractivity (Wildman–Crippen MR) is 83.0 cm³/mol. The molecule has 8 heteroatoms. The largest absolute Gasteiger partial charge is 0.481 e. The summed E-state index contributed by atoms with van der Waals surface area (Å²) in [5.74, 6) is -2.17. The van der Waals surface area contributed by atoms with E-state index in [2.05, 4.69) is 5.32 Å². The molecule has 0 spiro atoms. The second kappa shape index (κ2) is 7.08. The number of benzene rings is 1. The number of carboxylic acid groups (broad SMARTS) is 1. The molecule has 2 rings (SSSR count). The van der Waals surface area contributed by atoms with E-state index in [1.54, 1.807) is 0 Å². The van der Waals surface area contributed by atoms with E-state index in [-0.39, 0.29) is 16.9 Å². The van der Waals surface area contributed by atoms with Crippen LogP contribution >= 0.6 is 0 Å². The van der Waals surface area contributed by atoms with Gasteiger partial charge in [0.25, 0.3) is 11.6 Å². The van der Waals surface area contributed by atoms with Crippen LogP contribution in [0.15, 0.2) is 18.2 Å². The number of para-hydroxylation sites is 1. The van der Waals surface area contributed by atoms with Gasteiger partial charge in [-0.2, -0.15) is 0 Å². The van der Waals surface area contributed by atoms with Crippen molar-refractivity contribution in [3.05, 3.63) is 33.9 Å². The highest BCUT2D eigenvalue weighted by atomic mass is 16.6. The number of anilines is 1. The van der Waals surface area contributed by atoms with Gasteiger partial charge in [0, 0.05) is 12.1 Å². The molecule has 0 heterocycles. The van der Waals surface area contributed by atoms with Crippen molar-refractivity contribution < 1.29 is 19.6 Å². The van der Waals surface area contributed by atoms with Crippen LogP contribution in [0.2, 0.25) is 0 Å². The number of nitro benzene ring substituents is 1. The molecule has 0 unspecified atom stereocenters. The first-order valence-electron chi connectivity index (χ1n) is 7.48. The third-order valence-electron chi connectivity index (χ3n) is 4.17. The summed E-state index contributed by atoms with van der Waals surface area (Å²) in [6.07, 6.45) is 3.64. The van der Waals surface area contributed by atoms with E-state index in [1.807, 2.05) is 0 Å². The van der Waals surface area contributed by atoms with Crippen molar-refractivity contribution >= 4 is 23.3 Å². The Labute approximate surface area is 132 Å². The highest BCUT2D eigenvalue weighted by molar-refractivity contribution is 6.01. The molecule has 1 aliphatic carbocycles. The van der Waals surface area contributed by atoms with Crippen LogP contribution < -0.4 is 11.1 Å². The summed E-state index contributed by atoms with van der Waals surface area (Å²) >= 11 is 0. The number of hydrogen-bond acceptors (Lipinski definition) is 5. The number of nitrogens with two attached hydrogens (primary N) is 1. The van der Waals surface area contributed by atoms with E-state index in [9.17, 15) is 24.8 Å². The van der Waals surface area contributed by atoms with Gasteiger partial charge in [0.05, 0.1) is 16.4 Å². The molecular weight excluding hydrogens is 302 g/mol. The summed E-state index contributed by atoms with van der Waals surface area (Å²) in [6, 6.07) is 3.49. The molecule has 4 N–H and O–H groups in total. The summed E-state index contributed by atoms with van der Waals surface area (Å²) in [5, 5.41) is 22.9. The van der Waals surface area contributed by atoms with Gasteiger partial charge < -0.3 is 16.2 Å². The number of nitrogens with one attached hydrogen (secondary N) is 1. The van der Waals surface area contributed by atoms with Crippen molar-refractivity contribution in [2.24, 2.45) is 5.92 Å². The Bertz CT molecular complexity index is 632. The Morgan fingerprint density at radius 2 is 1.96 bits per heavy atom. The average Bonchev–Trinajstić information content (AvgIpc) is 2.72. The Balaban J connectivity index is 2.22. The van der Waals surface area contributed by atoms with Crippen LogP contribution in [0, 0.1) is 16.0 Å². The maximum absolute atomic E-state index is 12.4. The van der Waals surface area contributed by atoms with Gasteiger partial charge >= 0.3 is 5.97 Å². The fourth-order valence-electron chi connectivity index (χ4n) is 2.93. The maximum atomic E-state index is 12.4. The number of nitrogen functional groups attached to an aromatic ring is 1. The van der Waals surface area contributed by atoms with Crippen molar-refractivity contribution in [3.63, 3.8) is 0 Å². The minimum atomic E-state index is -0.941. The lowest BCUT2D eigenvalue weighted by atomic mass is 9.94. The summed E-state index contributed by atoms with van der Waals surface area (Å²) in [6.45, 7) is 0. The molecule has 0 aliphatic heterocycles. The van der Waals surface area contributed by atoms with E-state index in [4.69, 9.17) is 5.73 Å². The first kappa shape index (κ1) is 16.7. The second-order valence-electron chi connectivity index (χ2n) is 5.66. The number of carboxylic acids is 1. The smallest absolute Gasteiger partial charge is 0.308 e. The third-order valence-corrected chi connectivity index (χ3v) is 4.17. The molecular formula is C15H19N3O5. The lowest BCUT2D eigenvalue weighted by Crippen LogP contribution is -2.43. The maximum Gasteiger partial charge on any atom is 0.308 e. The van der Waals surface area contributed by atoms with Crippen LogP contribution in [-0.2, 0) is 4.79 Å². The Morgan fingerprint density at radius 3 is 2.61 bits per heavy atom. The number of rotatable bonds is 4. The second-order valence-corrected chi connectivity index (χ2v) is 5.66. The molecule has 1 aromatic carbocycles. The molecule has 8 nitrogen and oxygen atoms in total. The monoisotopic (exact) mass is 321 g/mol. The van der Waals surface area contributed by atoms with Crippen LogP contribution in [0.5, 0.6) is 0 Å². The van der Waals surface area contributed by atoms with Crippen LogP contribution in [0.3, 0.4) is 0 Å². The Hall–Kier alpha value is -2.64. The molecule has 23 heavy (non-hydrogen) atoms. The van der Waals surface area contributed by atoms with Crippen LogP contribution in [0.4, 0.5) is 11.4 Å². The molecule has 0 bridgehead atoms. The SMILES string of the molecule is Nc1c(C(=O)N[C@H]2CCCCC[C@H]2C(=O)O)cccc1[N+](=O)[O-]. The molecule has 0 saturated heterocycles. The van der Waals surface area contributed by atoms with Crippen LogP contribution in [-0.4, -0.2) is 27.9 Å². The quantitative estimate of drug-likeness (QED) is 0.335. The van der Waals surface area contributed by atoms with Crippen molar-refractivity contribution in [2.45, 2.75) is 38.1 Å². The number of carbonyl (C=O) groups is 2. The zero-order valence-electron chi connectivity index (χ0n) is 12.5. The van der Waals surface area contributed by atoms with Gasteiger partial charge in [-0.3, -0.25) is 19.7 Å². The third kappa shape index (κ3) is 3.77. The molecule has 1 aromatic rings. The number of carbonyl (C=O) groups excluding carboxylic acids is 1. The van der Waals surface area contributed by atoms with E-state index < -0.39 is 28.8 Å². The first-order valence-corrected chi connectivity index (χ1v) is 7.48. The molecule has 1 fully saturated rings. The molecule has 124 valence electrons. The van der Waals surface area contributed by atoms with E-state index in [0.717, 1.165) is 19.3 Å². The van der Waals surface area contributed by atoms with Gasteiger partial charge in [-0.15, -0.1) is 0 Å². The standard InChI is InChI=1S/C15H19N3O5/c16-13-10(6-4-8-12(13)18(22)23)14(19)17-11-7-3-1-2-5-9(11)15(20)21/h4,6,8-9,11H,1-3,5,7,16H2,(H,17,19)(H,20,21)/t9-,11+/m1/s1. The lowest BCUT2D eigenvalue weighted by molar-refractivity contribution is -0.383. The summed E-state index contributed by atoms with van der Waals surface area (Å²) in [5.41, 5.74) is 5.14. The minimum absolute atomic E-state index is 0.00687. The molecule has 0 aromatic heterocycles. The predicted octanol–water partition coefficient (Wildman–Crippen LogP) is 1.94. The molecule has 1 amide bonds. The van der Waals surface area contributed by atoms with Gasteiger partial charge in [0.2, 0.25) is 0 Å². The normalized spacial score (nSPS) is 21.2. The fourth-order valence-corrected chi connectivity index (χ4v) is 2.93. The highest BCUT2D eigenvalue weighted by Gasteiger charge is 2.31. The van der Waals surface area contributed by atoms with Gasteiger partial charge in [0.1, 0.15) is 5.69 Å². The zero-order chi connectivity index (χ0) is 17.0. The van der Waals surface area contributed by atoms with E-state index >= 15 is 0 Å². The average molecular weight is 321 g/mol. The highest BCUT2D eigenvalue weighted by Crippen LogP contribution is 2.27. The van der Waals surface area contributed by atoms with Crippen LogP contribution in [0.25, 0.3) is 0 Å². The first-order chi connectivity index (χ1) is 10.9. The van der Waals surface area contributed by atoms with E-state index in [1.165, 1.54) is 18.2 Å². The van der Waals surface area contributed by atoms with Crippen molar-refractivity contribution in [1.29, 1.82) is 0 Å². The number of hydrogen-bond donors (Lipinski definition) is 3. The molecule has 2 atom stereocenters. The van der Waals surface area contributed by atoms with Gasteiger partial charge in [-0.1, -0.05) is 25.3 Å². The van der Waals surface area contributed by atoms with Crippen LogP contribution in [0.1, 0.15) is 42.5 Å². The van der Waals surface area contributed by atoms with Gasteiger partial charge in [-0.05, 0) is 18.9 Å². The Kier molecular flexibility index (Phi) is 5.15. The number of nitrogens with zero attached hydrogens (tertiary/aromatic N) is 1. The molecule has 0 radical (unpaired) electrons. The van der Waals surface area contributed by atoms with Gasteiger partial charge in [-0.25, -0.2) is 0 Å². The van der Waals surface area contributed by atoms with Crippen molar-refractivity contribution in [3.8, 4) is 0 Å². The number of nitro groups is 1. The summed E-state index contributed by atoms with van der Waals surface area (Å²) in [4.78, 5) is 34.0. The fraction of sp³-hybridized carbons (Fsp3) is 0.467. The zero-order valence-corrected chi connectivity index (χ0v) is 12.5. The molecule has 1 aliphatic rings. The van der Waals surface area contributed by atoms with Crippen molar-refractivity contribution in [2.75, 3.05) is 5.73 Å². The summed E-state index contributed by atoms with van der Waals surface area (Å²) < 4.78 is 0. The lowest BCUT2D eigenvalue weighted by Gasteiger charge is -2.23. The summed E-state index contributed by atoms with van der Waals surface area (Å²) in [7, 11) is 0.